The molecule has 4 amide bonds. The van der Waals surface area contributed by atoms with Crippen molar-refractivity contribution in [1.29, 1.82) is 0 Å². The molecule has 2 unspecified atom stereocenters. The molecule has 2 aromatic carbocycles. The van der Waals surface area contributed by atoms with Crippen molar-refractivity contribution >= 4 is 23.5 Å². The number of nitrogens with zero attached hydrogens (tertiary/aromatic N) is 4. The highest BCUT2D eigenvalue weighted by Crippen LogP contribution is 2.37. The molecule has 7 heteroatoms. The molecule has 2 atom stereocenters. The van der Waals surface area contributed by atoms with Crippen LogP contribution in [0.25, 0.3) is 0 Å². The zero-order valence-electron chi connectivity index (χ0n) is 18.9. The van der Waals surface area contributed by atoms with Gasteiger partial charge in [-0.25, -0.2) is 4.79 Å². The first-order valence-electron chi connectivity index (χ1n) is 10.8. The van der Waals surface area contributed by atoms with Crippen molar-refractivity contribution in [1.82, 2.24) is 14.7 Å². The Morgan fingerprint density at radius 3 is 2.41 bits per heavy atom. The Morgan fingerprint density at radius 1 is 1.03 bits per heavy atom. The van der Waals surface area contributed by atoms with Gasteiger partial charge in [0.1, 0.15) is 11.9 Å². The monoisotopic (exact) mass is 432 g/mol. The molecule has 0 aliphatic carbocycles. The SMILES string of the molecule is CCN(C(=O)C1=CC2C(=O)N(C)C(=O)N(C)C2N1Cc1ccccc1)c1cccc(C)c1. The van der Waals surface area contributed by atoms with Crippen LogP contribution in [0.3, 0.4) is 0 Å². The number of hydrogen-bond donors (Lipinski definition) is 0. The fourth-order valence-electron chi connectivity index (χ4n) is 4.54. The number of fused-ring (bicyclic) bond motifs is 1. The van der Waals surface area contributed by atoms with Crippen LogP contribution in [0.1, 0.15) is 18.1 Å². The highest BCUT2D eigenvalue weighted by molar-refractivity contribution is 6.07. The molecular weight excluding hydrogens is 404 g/mol. The maximum atomic E-state index is 13.8. The number of benzene rings is 2. The van der Waals surface area contributed by atoms with Crippen LogP contribution in [0.15, 0.2) is 66.4 Å². The third-order valence-corrected chi connectivity index (χ3v) is 6.18. The molecule has 166 valence electrons. The number of likely N-dealkylation sites (N-methyl/N-ethyl adjacent to an activating group) is 1. The standard InChI is InChI=1S/C25H28N4O3/c1-5-28(19-13-9-10-17(2)14-19)24(31)21-15-20-22(26(3)25(32)27(4)23(20)30)29(21)16-18-11-7-6-8-12-18/h6-15,20,22H,5,16H2,1-4H3. The quantitative estimate of drug-likeness (QED) is 0.728. The van der Waals surface area contributed by atoms with Crippen LogP contribution < -0.4 is 4.90 Å². The number of amides is 4. The van der Waals surface area contributed by atoms with Gasteiger partial charge in [0.25, 0.3) is 5.91 Å². The van der Waals surface area contributed by atoms with E-state index in [1.54, 1.807) is 22.9 Å². The van der Waals surface area contributed by atoms with Crippen LogP contribution in [-0.2, 0) is 16.1 Å². The van der Waals surface area contributed by atoms with Crippen LogP contribution in [0, 0.1) is 12.8 Å². The average molecular weight is 433 g/mol. The topological polar surface area (TPSA) is 64.2 Å². The summed E-state index contributed by atoms with van der Waals surface area (Å²) in [6.07, 6.45) is 1.19. The second kappa shape index (κ2) is 8.49. The van der Waals surface area contributed by atoms with E-state index in [0.717, 1.165) is 21.7 Å². The van der Waals surface area contributed by atoms with E-state index in [0.29, 0.717) is 18.8 Å². The van der Waals surface area contributed by atoms with Crippen LogP contribution in [0.5, 0.6) is 0 Å². The van der Waals surface area contributed by atoms with Crippen molar-refractivity contribution in [2.75, 3.05) is 25.5 Å². The summed E-state index contributed by atoms with van der Waals surface area (Å²) in [5.41, 5.74) is 3.31. The van der Waals surface area contributed by atoms with Gasteiger partial charge in [0.15, 0.2) is 0 Å². The maximum absolute atomic E-state index is 13.8. The number of carbonyl (C=O) groups is 3. The molecule has 2 aromatic rings. The van der Waals surface area contributed by atoms with Gasteiger partial charge in [-0.3, -0.25) is 14.5 Å². The van der Waals surface area contributed by atoms with Crippen LogP contribution in [-0.4, -0.2) is 59.4 Å². The Bertz CT molecular complexity index is 1080. The predicted octanol–water partition coefficient (Wildman–Crippen LogP) is 3.21. The van der Waals surface area contributed by atoms with E-state index in [4.69, 9.17) is 0 Å². The third-order valence-electron chi connectivity index (χ3n) is 6.18. The molecule has 2 aliphatic heterocycles. The molecule has 32 heavy (non-hydrogen) atoms. The molecule has 2 aliphatic rings. The second-order valence-electron chi connectivity index (χ2n) is 8.28. The summed E-state index contributed by atoms with van der Waals surface area (Å²) in [5, 5.41) is 0. The first-order chi connectivity index (χ1) is 15.3. The molecule has 7 nitrogen and oxygen atoms in total. The van der Waals surface area contributed by atoms with Gasteiger partial charge < -0.3 is 14.7 Å². The third kappa shape index (κ3) is 3.64. The number of hydrogen-bond acceptors (Lipinski definition) is 4. The van der Waals surface area contributed by atoms with Crippen molar-refractivity contribution in [2.24, 2.45) is 5.92 Å². The van der Waals surface area contributed by atoms with Crippen molar-refractivity contribution in [3.8, 4) is 0 Å². The van der Waals surface area contributed by atoms with Crippen molar-refractivity contribution in [2.45, 2.75) is 26.6 Å². The number of rotatable bonds is 5. The van der Waals surface area contributed by atoms with E-state index < -0.39 is 12.1 Å². The van der Waals surface area contributed by atoms with E-state index in [9.17, 15) is 14.4 Å². The molecule has 1 fully saturated rings. The predicted molar refractivity (Wildman–Crippen MR) is 122 cm³/mol. The van der Waals surface area contributed by atoms with Crippen molar-refractivity contribution in [3.63, 3.8) is 0 Å². The summed E-state index contributed by atoms with van der Waals surface area (Å²) in [6.45, 7) is 4.82. The number of urea groups is 1. The minimum atomic E-state index is -0.596. The molecular formula is C25H28N4O3. The zero-order valence-corrected chi connectivity index (χ0v) is 18.9. The van der Waals surface area contributed by atoms with Crippen LogP contribution >= 0.6 is 0 Å². The summed E-state index contributed by atoms with van der Waals surface area (Å²) < 4.78 is 0. The summed E-state index contributed by atoms with van der Waals surface area (Å²) in [5.74, 6) is -1.07. The van der Waals surface area contributed by atoms with Crippen molar-refractivity contribution < 1.29 is 14.4 Å². The summed E-state index contributed by atoms with van der Waals surface area (Å²) in [7, 11) is 3.16. The highest BCUT2D eigenvalue weighted by Gasteiger charge is 2.50. The highest BCUT2D eigenvalue weighted by atomic mass is 16.2. The van der Waals surface area contributed by atoms with E-state index in [1.807, 2.05) is 73.3 Å². The maximum Gasteiger partial charge on any atom is 0.327 e. The molecule has 4 rings (SSSR count). The zero-order chi connectivity index (χ0) is 23.0. The molecule has 0 bridgehead atoms. The lowest BCUT2D eigenvalue weighted by molar-refractivity contribution is -0.137. The Morgan fingerprint density at radius 2 is 1.75 bits per heavy atom. The van der Waals surface area contributed by atoms with Gasteiger partial charge in [-0.15, -0.1) is 0 Å². The summed E-state index contributed by atoms with van der Waals surface area (Å²) >= 11 is 0. The van der Waals surface area contributed by atoms with E-state index in [2.05, 4.69) is 0 Å². The number of imide groups is 1. The largest absolute Gasteiger partial charge is 0.341 e. The molecule has 2 heterocycles. The first kappa shape index (κ1) is 21.6. The summed E-state index contributed by atoms with van der Waals surface area (Å²) in [4.78, 5) is 45.7. The molecule has 0 N–H and O–H groups in total. The number of carbonyl (C=O) groups excluding carboxylic acids is 3. The lowest BCUT2D eigenvalue weighted by atomic mass is 10.0. The molecule has 0 spiro atoms. The Balaban J connectivity index is 1.75. The average Bonchev–Trinajstić information content (AvgIpc) is 3.16. The molecule has 0 saturated carbocycles. The Hall–Kier alpha value is -3.61. The Labute approximate surface area is 188 Å². The van der Waals surface area contributed by atoms with E-state index in [1.165, 1.54) is 7.05 Å². The molecule has 0 radical (unpaired) electrons. The van der Waals surface area contributed by atoms with Gasteiger partial charge in [0.05, 0.1) is 5.92 Å². The normalized spacial score (nSPS) is 20.4. The summed E-state index contributed by atoms with van der Waals surface area (Å²) in [6, 6.07) is 17.2. The Kier molecular flexibility index (Phi) is 5.74. The first-order valence-corrected chi connectivity index (χ1v) is 10.8. The number of anilines is 1. The van der Waals surface area contributed by atoms with Gasteiger partial charge in [0.2, 0.25) is 5.91 Å². The van der Waals surface area contributed by atoms with Gasteiger partial charge in [-0.1, -0.05) is 42.5 Å². The van der Waals surface area contributed by atoms with Crippen LogP contribution in [0.2, 0.25) is 0 Å². The second-order valence-corrected chi connectivity index (χ2v) is 8.28. The van der Waals surface area contributed by atoms with Gasteiger partial charge in [0, 0.05) is 32.9 Å². The molecule has 0 aromatic heterocycles. The van der Waals surface area contributed by atoms with Gasteiger partial charge in [-0.05, 0) is 43.2 Å². The van der Waals surface area contributed by atoms with Crippen molar-refractivity contribution in [3.05, 3.63) is 77.5 Å². The van der Waals surface area contributed by atoms with E-state index in [-0.39, 0.29) is 17.8 Å². The lowest BCUT2D eigenvalue weighted by Crippen LogP contribution is -2.61. The molecule has 1 saturated heterocycles. The lowest BCUT2D eigenvalue weighted by Gasteiger charge is -2.43. The van der Waals surface area contributed by atoms with Gasteiger partial charge >= 0.3 is 6.03 Å². The smallest absolute Gasteiger partial charge is 0.327 e. The minimum Gasteiger partial charge on any atom is -0.341 e. The fourth-order valence-corrected chi connectivity index (χ4v) is 4.54. The number of aryl methyl sites for hydroxylation is 1. The minimum absolute atomic E-state index is 0.181. The van der Waals surface area contributed by atoms with E-state index >= 15 is 0 Å². The van der Waals surface area contributed by atoms with Gasteiger partial charge in [-0.2, -0.15) is 0 Å². The van der Waals surface area contributed by atoms with Crippen LogP contribution in [0.4, 0.5) is 10.5 Å². The fraction of sp³-hybridized carbons (Fsp3) is 0.320.